The zero-order valence-corrected chi connectivity index (χ0v) is 12.5. The number of hydrogen-bond donors (Lipinski definition) is 1. The fourth-order valence-corrected chi connectivity index (χ4v) is 3.08. The largest absolute Gasteiger partial charge is 0.506 e. The van der Waals surface area contributed by atoms with Crippen molar-refractivity contribution in [3.63, 3.8) is 0 Å². The van der Waals surface area contributed by atoms with Crippen molar-refractivity contribution in [1.29, 1.82) is 0 Å². The van der Waals surface area contributed by atoms with E-state index >= 15 is 0 Å². The molecule has 1 N–H and O–H groups in total. The molecule has 3 aromatic carbocycles. The van der Waals surface area contributed by atoms with Crippen LogP contribution >= 0.6 is 27.5 Å². The molecule has 0 fully saturated rings. The van der Waals surface area contributed by atoms with Gasteiger partial charge in [0.1, 0.15) is 11.6 Å². The molecule has 0 radical (unpaired) electrons. The number of phenols is 1. The number of phenolic OH excluding ortho intramolecular Hbond substituents is 1. The number of rotatable bonds is 1. The number of halogens is 3. The highest BCUT2D eigenvalue weighted by atomic mass is 79.9. The fraction of sp³-hybridized carbons (Fsp3) is 0. The Morgan fingerprint density at radius 3 is 2.55 bits per heavy atom. The van der Waals surface area contributed by atoms with E-state index in [0.29, 0.717) is 10.0 Å². The van der Waals surface area contributed by atoms with Crippen molar-refractivity contribution >= 4 is 38.3 Å². The maximum absolute atomic E-state index is 14.0. The molecule has 0 aliphatic heterocycles. The Labute approximate surface area is 128 Å². The lowest BCUT2D eigenvalue weighted by Gasteiger charge is -2.12. The van der Waals surface area contributed by atoms with Gasteiger partial charge in [0.15, 0.2) is 0 Å². The first-order valence-electron chi connectivity index (χ1n) is 5.94. The third kappa shape index (κ3) is 2.07. The van der Waals surface area contributed by atoms with Crippen molar-refractivity contribution in [3.8, 4) is 16.9 Å². The van der Waals surface area contributed by atoms with Crippen LogP contribution in [0.2, 0.25) is 5.02 Å². The van der Waals surface area contributed by atoms with Crippen LogP contribution in [0.15, 0.2) is 53.0 Å². The second-order valence-corrected chi connectivity index (χ2v) is 5.60. The van der Waals surface area contributed by atoms with Crippen molar-refractivity contribution in [3.05, 3.63) is 63.8 Å². The Morgan fingerprint density at radius 2 is 1.80 bits per heavy atom. The van der Waals surface area contributed by atoms with Gasteiger partial charge in [-0.05, 0) is 44.9 Å². The fourth-order valence-electron chi connectivity index (χ4n) is 2.24. The zero-order valence-electron chi connectivity index (χ0n) is 10.2. The molecule has 0 aromatic heterocycles. The zero-order chi connectivity index (χ0) is 14.3. The summed E-state index contributed by atoms with van der Waals surface area (Å²) in [4.78, 5) is 0. The summed E-state index contributed by atoms with van der Waals surface area (Å²) in [5.74, 6) is -0.481. The summed E-state index contributed by atoms with van der Waals surface area (Å²) in [6, 6.07) is 13.7. The van der Waals surface area contributed by atoms with Gasteiger partial charge in [0, 0.05) is 11.1 Å². The first kappa shape index (κ1) is 13.4. The molecule has 0 aliphatic carbocycles. The maximum atomic E-state index is 14.0. The lowest BCUT2D eigenvalue weighted by atomic mass is 9.99. The number of aromatic hydroxyl groups is 1. The minimum absolute atomic E-state index is 0.0179. The molecule has 1 nitrogen and oxygen atoms in total. The van der Waals surface area contributed by atoms with Gasteiger partial charge in [-0.1, -0.05) is 41.9 Å². The predicted molar refractivity (Wildman–Crippen MR) is 83.7 cm³/mol. The van der Waals surface area contributed by atoms with E-state index in [0.717, 1.165) is 10.8 Å². The first-order chi connectivity index (χ1) is 9.59. The van der Waals surface area contributed by atoms with E-state index in [2.05, 4.69) is 15.9 Å². The van der Waals surface area contributed by atoms with Crippen LogP contribution < -0.4 is 0 Å². The molecule has 0 saturated heterocycles. The lowest BCUT2D eigenvalue weighted by molar-refractivity contribution is 0.474. The Bertz CT molecular complexity index is 797. The van der Waals surface area contributed by atoms with Gasteiger partial charge in [0.25, 0.3) is 0 Å². The van der Waals surface area contributed by atoms with Crippen LogP contribution in [0.4, 0.5) is 4.39 Å². The topological polar surface area (TPSA) is 20.2 Å². The summed E-state index contributed by atoms with van der Waals surface area (Å²) in [7, 11) is 0. The quantitative estimate of drug-likeness (QED) is 0.590. The summed E-state index contributed by atoms with van der Waals surface area (Å²) in [5, 5.41) is 12.3. The molecular weight excluding hydrogens is 343 g/mol. The number of hydrogen-bond acceptors (Lipinski definition) is 1. The second-order valence-electron chi connectivity index (χ2n) is 4.40. The minimum Gasteiger partial charge on any atom is -0.506 e. The summed E-state index contributed by atoms with van der Waals surface area (Å²) >= 11 is 9.44. The summed E-state index contributed by atoms with van der Waals surface area (Å²) < 4.78 is 14.6. The monoisotopic (exact) mass is 350 g/mol. The minimum atomic E-state index is -0.463. The lowest BCUT2D eigenvalue weighted by Crippen LogP contribution is -1.88. The molecule has 0 amide bonds. The first-order valence-corrected chi connectivity index (χ1v) is 7.11. The molecule has 0 bridgehead atoms. The van der Waals surface area contributed by atoms with Crippen molar-refractivity contribution in [1.82, 2.24) is 0 Å². The Hall–Kier alpha value is -1.58. The van der Waals surface area contributed by atoms with Crippen LogP contribution in [0.1, 0.15) is 0 Å². The molecule has 0 spiro atoms. The van der Waals surface area contributed by atoms with E-state index in [4.69, 9.17) is 11.6 Å². The maximum Gasteiger partial charge on any atom is 0.138 e. The second kappa shape index (κ2) is 5.08. The van der Waals surface area contributed by atoms with Crippen LogP contribution in [0.25, 0.3) is 21.9 Å². The molecule has 0 unspecified atom stereocenters. The van der Waals surface area contributed by atoms with Crippen LogP contribution in [0.5, 0.6) is 5.75 Å². The van der Waals surface area contributed by atoms with Crippen molar-refractivity contribution in [2.45, 2.75) is 0 Å². The highest BCUT2D eigenvalue weighted by Gasteiger charge is 2.17. The highest BCUT2D eigenvalue weighted by molar-refractivity contribution is 9.10. The summed E-state index contributed by atoms with van der Waals surface area (Å²) in [6.07, 6.45) is 0. The highest BCUT2D eigenvalue weighted by Crippen LogP contribution is 2.43. The van der Waals surface area contributed by atoms with Gasteiger partial charge in [-0.25, -0.2) is 4.39 Å². The molecule has 3 rings (SSSR count). The Morgan fingerprint density at radius 1 is 1.05 bits per heavy atom. The number of fused-ring (bicyclic) bond motifs is 1. The van der Waals surface area contributed by atoms with Gasteiger partial charge in [-0.2, -0.15) is 0 Å². The van der Waals surface area contributed by atoms with E-state index in [1.807, 2.05) is 24.3 Å². The SMILES string of the molecule is Oc1c(-c2c(F)cccc2Cl)cc2ccccc2c1Br. The van der Waals surface area contributed by atoms with Gasteiger partial charge < -0.3 is 5.11 Å². The average molecular weight is 352 g/mol. The van der Waals surface area contributed by atoms with Crippen LogP contribution in [-0.4, -0.2) is 5.11 Å². The van der Waals surface area contributed by atoms with Gasteiger partial charge in [-0.3, -0.25) is 0 Å². The normalized spacial score (nSPS) is 10.9. The van der Waals surface area contributed by atoms with E-state index in [1.165, 1.54) is 12.1 Å². The van der Waals surface area contributed by atoms with Crippen LogP contribution in [0.3, 0.4) is 0 Å². The predicted octanol–water partition coefficient (Wildman–Crippen LogP) is 5.77. The molecule has 0 saturated carbocycles. The van der Waals surface area contributed by atoms with Crippen LogP contribution in [0, 0.1) is 5.82 Å². The van der Waals surface area contributed by atoms with E-state index in [-0.39, 0.29) is 16.3 Å². The average Bonchev–Trinajstić information content (AvgIpc) is 2.44. The standard InChI is InChI=1S/C16H9BrClFO/c17-15-10-5-2-1-4-9(10)8-11(16(15)20)14-12(18)6-3-7-13(14)19/h1-8,20H. The molecular formula is C16H9BrClFO. The number of benzene rings is 3. The van der Waals surface area contributed by atoms with Gasteiger partial charge in [-0.15, -0.1) is 0 Å². The summed E-state index contributed by atoms with van der Waals surface area (Å²) in [6.45, 7) is 0. The molecule has 0 aliphatic rings. The van der Waals surface area contributed by atoms with E-state index in [1.54, 1.807) is 12.1 Å². The van der Waals surface area contributed by atoms with Crippen LogP contribution in [-0.2, 0) is 0 Å². The Kier molecular flexibility index (Phi) is 3.40. The van der Waals surface area contributed by atoms with E-state index < -0.39 is 5.82 Å². The van der Waals surface area contributed by atoms with Gasteiger partial charge in [0.2, 0.25) is 0 Å². The van der Waals surface area contributed by atoms with Crippen molar-refractivity contribution < 1.29 is 9.50 Å². The molecule has 4 heteroatoms. The molecule has 3 aromatic rings. The molecule has 20 heavy (non-hydrogen) atoms. The van der Waals surface area contributed by atoms with E-state index in [9.17, 15) is 9.50 Å². The third-order valence-electron chi connectivity index (χ3n) is 3.19. The Balaban J connectivity index is 2.40. The van der Waals surface area contributed by atoms with Crippen molar-refractivity contribution in [2.75, 3.05) is 0 Å². The van der Waals surface area contributed by atoms with Crippen molar-refractivity contribution in [2.24, 2.45) is 0 Å². The van der Waals surface area contributed by atoms with Gasteiger partial charge in [0.05, 0.1) is 9.50 Å². The molecule has 0 heterocycles. The summed E-state index contributed by atoms with van der Waals surface area (Å²) in [5.41, 5.74) is 0.580. The molecule has 0 atom stereocenters. The third-order valence-corrected chi connectivity index (χ3v) is 4.31. The molecule has 100 valence electrons. The smallest absolute Gasteiger partial charge is 0.138 e. The van der Waals surface area contributed by atoms with Gasteiger partial charge >= 0.3 is 0 Å².